The Morgan fingerprint density at radius 2 is 2.04 bits per heavy atom. The van der Waals surface area contributed by atoms with E-state index in [1.54, 1.807) is 13.2 Å². The van der Waals surface area contributed by atoms with Crippen molar-refractivity contribution in [3.05, 3.63) is 28.8 Å². The molecule has 2 aliphatic rings. The summed E-state index contributed by atoms with van der Waals surface area (Å²) in [6, 6.07) is 5.83. The molecule has 2 fully saturated rings. The molecular formula is C20H29ClN2O3. The summed E-state index contributed by atoms with van der Waals surface area (Å²) in [6.45, 7) is 8.73. The minimum absolute atomic E-state index is 0.0262. The number of halogens is 1. The van der Waals surface area contributed by atoms with Gasteiger partial charge in [0.1, 0.15) is 12.4 Å². The molecule has 0 bridgehead atoms. The molecule has 0 N–H and O–H groups in total. The molecule has 1 amide bonds. The van der Waals surface area contributed by atoms with Crippen molar-refractivity contribution in [2.24, 2.45) is 5.92 Å². The van der Waals surface area contributed by atoms with E-state index in [-0.39, 0.29) is 12.0 Å². The molecule has 2 saturated heterocycles. The molecule has 26 heavy (non-hydrogen) atoms. The highest BCUT2D eigenvalue weighted by atomic mass is 35.5. The standard InChI is InChI=1S/C20H29ClN2O3/c1-14(2)11-23-12-16(23)13-26-19-5-4-15(10-18(19)21)20(24)22-8-6-17(25-3)7-9-22/h4-5,10,14,16-17H,6-9,11-13H2,1-3H3. The van der Waals surface area contributed by atoms with Gasteiger partial charge in [-0.2, -0.15) is 0 Å². The zero-order chi connectivity index (χ0) is 18.7. The number of rotatable bonds is 7. The molecule has 2 heterocycles. The van der Waals surface area contributed by atoms with E-state index in [9.17, 15) is 4.79 Å². The first-order valence-corrected chi connectivity index (χ1v) is 9.84. The number of amides is 1. The maximum absolute atomic E-state index is 12.7. The van der Waals surface area contributed by atoms with Crippen molar-refractivity contribution in [3.63, 3.8) is 0 Å². The fourth-order valence-corrected chi connectivity index (χ4v) is 3.72. The van der Waals surface area contributed by atoms with E-state index in [0.717, 1.165) is 39.0 Å². The Morgan fingerprint density at radius 3 is 2.65 bits per heavy atom. The molecule has 0 spiro atoms. The van der Waals surface area contributed by atoms with E-state index in [4.69, 9.17) is 21.1 Å². The van der Waals surface area contributed by atoms with E-state index in [0.29, 0.717) is 34.9 Å². The van der Waals surface area contributed by atoms with Gasteiger partial charge in [-0.1, -0.05) is 25.4 Å². The molecule has 2 unspecified atom stereocenters. The molecule has 2 atom stereocenters. The van der Waals surface area contributed by atoms with E-state index in [1.807, 2.05) is 17.0 Å². The van der Waals surface area contributed by atoms with Gasteiger partial charge in [0.05, 0.1) is 17.2 Å². The largest absolute Gasteiger partial charge is 0.490 e. The second-order valence-electron chi connectivity index (χ2n) is 7.69. The van der Waals surface area contributed by atoms with Crippen LogP contribution in [0.25, 0.3) is 0 Å². The highest BCUT2D eigenvalue weighted by Gasteiger charge is 2.34. The molecule has 144 valence electrons. The van der Waals surface area contributed by atoms with Crippen molar-refractivity contribution >= 4 is 17.5 Å². The normalized spacial score (nSPS) is 23.3. The molecule has 1 aromatic carbocycles. The van der Waals surface area contributed by atoms with E-state index in [2.05, 4.69) is 18.7 Å². The van der Waals surface area contributed by atoms with Gasteiger partial charge in [0, 0.05) is 38.9 Å². The summed E-state index contributed by atoms with van der Waals surface area (Å²) in [5.74, 6) is 1.35. The lowest BCUT2D eigenvalue weighted by Gasteiger charge is -2.31. The van der Waals surface area contributed by atoms with Crippen LogP contribution in [-0.2, 0) is 4.74 Å². The maximum atomic E-state index is 12.7. The summed E-state index contributed by atoms with van der Waals surface area (Å²) in [4.78, 5) is 16.9. The quantitative estimate of drug-likeness (QED) is 0.680. The molecule has 0 radical (unpaired) electrons. The van der Waals surface area contributed by atoms with Gasteiger partial charge in [-0.3, -0.25) is 9.69 Å². The zero-order valence-electron chi connectivity index (χ0n) is 15.9. The average molecular weight is 381 g/mol. The first kappa shape index (κ1) is 19.5. The van der Waals surface area contributed by atoms with Crippen molar-refractivity contribution in [1.82, 2.24) is 9.80 Å². The van der Waals surface area contributed by atoms with Gasteiger partial charge >= 0.3 is 0 Å². The van der Waals surface area contributed by atoms with E-state index < -0.39 is 0 Å². The number of likely N-dealkylation sites (tertiary alicyclic amines) is 1. The van der Waals surface area contributed by atoms with E-state index in [1.165, 1.54) is 0 Å². The Bertz CT molecular complexity index is 629. The molecule has 0 aliphatic carbocycles. The smallest absolute Gasteiger partial charge is 0.253 e. The Morgan fingerprint density at radius 1 is 1.31 bits per heavy atom. The Kier molecular flexibility index (Phi) is 6.43. The van der Waals surface area contributed by atoms with Crippen LogP contribution >= 0.6 is 11.6 Å². The van der Waals surface area contributed by atoms with Crippen molar-refractivity contribution in [3.8, 4) is 5.75 Å². The zero-order valence-corrected chi connectivity index (χ0v) is 16.7. The lowest BCUT2D eigenvalue weighted by molar-refractivity contribution is 0.0351. The van der Waals surface area contributed by atoms with Gasteiger partial charge in [0.15, 0.2) is 0 Å². The SMILES string of the molecule is COC1CCN(C(=O)c2ccc(OCC3CN3CC(C)C)c(Cl)c2)CC1. The number of benzene rings is 1. The van der Waals surface area contributed by atoms with Crippen LogP contribution in [0.15, 0.2) is 18.2 Å². The molecule has 0 saturated carbocycles. The number of methoxy groups -OCH3 is 1. The predicted molar refractivity (Wildman–Crippen MR) is 103 cm³/mol. The fraction of sp³-hybridized carbons (Fsp3) is 0.650. The lowest BCUT2D eigenvalue weighted by Crippen LogP contribution is -2.40. The summed E-state index contributed by atoms with van der Waals surface area (Å²) >= 11 is 6.35. The highest BCUT2D eigenvalue weighted by molar-refractivity contribution is 6.32. The van der Waals surface area contributed by atoms with Gasteiger partial charge in [0.2, 0.25) is 0 Å². The third-order valence-electron chi connectivity index (χ3n) is 5.10. The minimum Gasteiger partial charge on any atom is -0.490 e. The van der Waals surface area contributed by atoms with Crippen molar-refractivity contribution in [2.75, 3.05) is 39.9 Å². The van der Waals surface area contributed by atoms with Gasteiger partial charge < -0.3 is 14.4 Å². The van der Waals surface area contributed by atoms with Crippen LogP contribution in [0.5, 0.6) is 5.75 Å². The van der Waals surface area contributed by atoms with Crippen LogP contribution in [0.3, 0.4) is 0 Å². The second kappa shape index (κ2) is 8.59. The number of piperidine rings is 1. The number of carbonyl (C=O) groups is 1. The first-order chi connectivity index (χ1) is 12.5. The van der Waals surface area contributed by atoms with Gasteiger partial charge in [-0.05, 0) is 37.0 Å². The van der Waals surface area contributed by atoms with Gasteiger partial charge in [0.25, 0.3) is 5.91 Å². The minimum atomic E-state index is 0.0262. The Hall–Kier alpha value is -1.30. The van der Waals surface area contributed by atoms with Crippen LogP contribution in [0.2, 0.25) is 5.02 Å². The second-order valence-corrected chi connectivity index (χ2v) is 8.09. The van der Waals surface area contributed by atoms with Crippen LogP contribution < -0.4 is 4.74 Å². The molecule has 5 nitrogen and oxygen atoms in total. The van der Waals surface area contributed by atoms with Crippen LogP contribution in [0.4, 0.5) is 0 Å². The lowest BCUT2D eigenvalue weighted by atomic mass is 10.1. The summed E-state index contributed by atoms with van der Waals surface area (Å²) < 4.78 is 11.2. The third-order valence-corrected chi connectivity index (χ3v) is 5.40. The third kappa shape index (κ3) is 4.90. The number of nitrogens with zero attached hydrogens (tertiary/aromatic N) is 2. The Balaban J connectivity index is 1.52. The van der Waals surface area contributed by atoms with Crippen LogP contribution in [-0.4, -0.2) is 67.7 Å². The summed E-state index contributed by atoms with van der Waals surface area (Å²) in [5.41, 5.74) is 0.617. The molecule has 2 aliphatic heterocycles. The predicted octanol–water partition coefficient (Wildman–Crippen LogP) is 3.31. The van der Waals surface area contributed by atoms with Crippen LogP contribution in [0.1, 0.15) is 37.0 Å². The summed E-state index contributed by atoms with van der Waals surface area (Å²) in [5, 5.41) is 0.499. The fourth-order valence-electron chi connectivity index (χ4n) is 3.49. The molecule has 3 rings (SSSR count). The van der Waals surface area contributed by atoms with Gasteiger partial charge in [-0.25, -0.2) is 0 Å². The summed E-state index contributed by atoms with van der Waals surface area (Å²) in [6.07, 6.45) is 2.02. The number of hydrogen-bond donors (Lipinski definition) is 0. The monoisotopic (exact) mass is 380 g/mol. The number of hydrogen-bond acceptors (Lipinski definition) is 4. The van der Waals surface area contributed by atoms with Crippen molar-refractivity contribution in [2.45, 2.75) is 38.8 Å². The molecule has 1 aromatic rings. The first-order valence-electron chi connectivity index (χ1n) is 9.46. The van der Waals surface area contributed by atoms with Crippen molar-refractivity contribution in [1.29, 1.82) is 0 Å². The van der Waals surface area contributed by atoms with Crippen LogP contribution in [0, 0.1) is 5.92 Å². The average Bonchev–Trinajstić information content (AvgIpc) is 3.37. The van der Waals surface area contributed by atoms with Gasteiger partial charge in [-0.15, -0.1) is 0 Å². The maximum Gasteiger partial charge on any atom is 0.253 e. The Labute approximate surface area is 161 Å². The van der Waals surface area contributed by atoms with E-state index >= 15 is 0 Å². The highest BCUT2D eigenvalue weighted by Crippen LogP contribution is 2.28. The molecular weight excluding hydrogens is 352 g/mol. The summed E-state index contributed by atoms with van der Waals surface area (Å²) in [7, 11) is 1.73. The molecule has 0 aromatic heterocycles. The number of carbonyl (C=O) groups excluding carboxylic acids is 1. The number of ether oxygens (including phenoxy) is 2. The topological polar surface area (TPSA) is 41.8 Å². The van der Waals surface area contributed by atoms with Crippen molar-refractivity contribution < 1.29 is 14.3 Å². The molecule has 6 heteroatoms.